The molecule has 72 valence electrons. The van der Waals surface area contributed by atoms with E-state index in [1.165, 1.54) is 0 Å². The Morgan fingerprint density at radius 1 is 1.25 bits per heavy atom. The Morgan fingerprint density at radius 3 is 2.33 bits per heavy atom. The molecule has 0 heterocycles. The van der Waals surface area contributed by atoms with Crippen molar-refractivity contribution in [3.63, 3.8) is 0 Å². The third-order valence-corrected chi connectivity index (χ3v) is 1.84. The Morgan fingerprint density at radius 2 is 1.92 bits per heavy atom. The zero-order chi connectivity index (χ0) is 9.19. The summed E-state index contributed by atoms with van der Waals surface area (Å²) in [6.07, 6.45) is 2.30. The van der Waals surface area contributed by atoms with Crippen molar-refractivity contribution in [3.8, 4) is 0 Å². The van der Waals surface area contributed by atoms with Gasteiger partial charge < -0.3 is 5.11 Å². The van der Waals surface area contributed by atoms with E-state index in [1.807, 2.05) is 20.8 Å². The van der Waals surface area contributed by atoms with E-state index in [9.17, 15) is 5.11 Å². The summed E-state index contributed by atoms with van der Waals surface area (Å²) in [6.45, 7) is 5.77. The van der Waals surface area contributed by atoms with Gasteiger partial charge in [-0.15, -0.1) is 0 Å². The minimum atomic E-state index is -0.340. The third-order valence-electron chi connectivity index (χ3n) is 1.84. The molecular weight excluding hydrogens is 156 g/mol. The standard InChI is InChI=1S/C9H18O3/c1-9(2,3)12-11-8-6-4-5-7(8)10/h7-8,10H,4-6H2,1-3H3. The molecular formula is C9H18O3. The van der Waals surface area contributed by atoms with Gasteiger partial charge in [0.2, 0.25) is 0 Å². The molecule has 0 aliphatic heterocycles. The quantitative estimate of drug-likeness (QED) is 0.511. The normalized spacial score (nSPS) is 31.0. The van der Waals surface area contributed by atoms with Crippen molar-refractivity contribution >= 4 is 0 Å². The van der Waals surface area contributed by atoms with Crippen LogP contribution in [0.5, 0.6) is 0 Å². The van der Waals surface area contributed by atoms with Gasteiger partial charge in [0.05, 0.1) is 11.7 Å². The molecule has 1 N–H and O–H groups in total. The van der Waals surface area contributed by atoms with Crippen molar-refractivity contribution in [1.82, 2.24) is 0 Å². The number of aliphatic hydroxyl groups is 1. The first-order valence-corrected chi connectivity index (χ1v) is 4.51. The highest BCUT2D eigenvalue weighted by atomic mass is 17.2. The van der Waals surface area contributed by atoms with E-state index >= 15 is 0 Å². The van der Waals surface area contributed by atoms with Gasteiger partial charge >= 0.3 is 0 Å². The second-order valence-electron chi connectivity index (χ2n) is 4.33. The van der Waals surface area contributed by atoms with Gasteiger partial charge in [-0.1, -0.05) is 0 Å². The van der Waals surface area contributed by atoms with Crippen LogP contribution in [-0.2, 0) is 9.78 Å². The molecule has 0 aromatic carbocycles. The predicted molar refractivity (Wildman–Crippen MR) is 45.6 cm³/mol. The highest BCUT2D eigenvalue weighted by molar-refractivity contribution is 4.76. The van der Waals surface area contributed by atoms with Crippen LogP contribution in [0.15, 0.2) is 0 Å². The maximum Gasteiger partial charge on any atom is 0.119 e. The van der Waals surface area contributed by atoms with Crippen molar-refractivity contribution in [2.24, 2.45) is 0 Å². The first kappa shape index (κ1) is 9.96. The molecule has 3 nitrogen and oxygen atoms in total. The van der Waals surface area contributed by atoms with Crippen LogP contribution in [-0.4, -0.2) is 22.9 Å². The Balaban J connectivity index is 2.23. The van der Waals surface area contributed by atoms with Crippen molar-refractivity contribution in [1.29, 1.82) is 0 Å². The Labute approximate surface area is 73.6 Å². The van der Waals surface area contributed by atoms with Gasteiger partial charge in [0.15, 0.2) is 0 Å². The van der Waals surface area contributed by atoms with Gasteiger partial charge in [-0.05, 0) is 40.0 Å². The molecule has 0 aromatic heterocycles. The van der Waals surface area contributed by atoms with Crippen LogP contribution in [0, 0.1) is 0 Å². The smallest absolute Gasteiger partial charge is 0.119 e. The molecule has 1 saturated carbocycles. The van der Waals surface area contributed by atoms with Crippen LogP contribution < -0.4 is 0 Å². The van der Waals surface area contributed by atoms with E-state index < -0.39 is 0 Å². The van der Waals surface area contributed by atoms with Crippen LogP contribution in [0.25, 0.3) is 0 Å². The zero-order valence-corrected chi connectivity index (χ0v) is 8.04. The minimum Gasteiger partial charge on any atom is -0.390 e. The first-order valence-electron chi connectivity index (χ1n) is 4.51. The summed E-state index contributed by atoms with van der Waals surface area (Å²) in [5.41, 5.74) is -0.289. The SMILES string of the molecule is CC(C)(C)OOC1CCCC1O. The van der Waals surface area contributed by atoms with Crippen molar-refractivity contribution in [2.75, 3.05) is 0 Å². The Bertz CT molecular complexity index is 139. The van der Waals surface area contributed by atoms with Gasteiger partial charge in [0, 0.05) is 0 Å². The molecule has 2 atom stereocenters. The number of aliphatic hydroxyl groups excluding tert-OH is 1. The lowest BCUT2D eigenvalue weighted by Gasteiger charge is -2.22. The zero-order valence-electron chi connectivity index (χ0n) is 8.04. The lowest BCUT2D eigenvalue weighted by atomic mass is 10.2. The largest absolute Gasteiger partial charge is 0.390 e. The third kappa shape index (κ3) is 3.09. The molecule has 2 unspecified atom stereocenters. The molecule has 0 spiro atoms. The van der Waals surface area contributed by atoms with E-state index in [2.05, 4.69) is 0 Å². The van der Waals surface area contributed by atoms with Gasteiger partial charge in [-0.3, -0.25) is 0 Å². The summed E-state index contributed by atoms with van der Waals surface area (Å²) in [5.74, 6) is 0. The molecule has 1 aliphatic rings. The second-order valence-corrected chi connectivity index (χ2v) is 4.33. The molecule has 1 fully saturated rings. The van der Waals surface area contributed by atoms with Gasteiger partial charge in [-0.2, -0.15) is 0 Å². The molecule has 1 aliphatic carbocycles. The van der Waals surface area contributed by atoms with E-state index in [-0.39, 0.29) is 17.8 Å². The lowest BCUT2D eigenvalue weighted by Crippen LogP contribution is -2.28. The fraction of sp³-hybridized carbons (Fsp3) is 1.00. The number of hydrogen-bond donors (Lipinski definition) is 1. The summed E-state index contributed by atoms with van der Waals surface area (Å²) < 4.78 is 0. The molecule has 0 radical (unpaired) electrons. The number of rotatable bonds is 2. The van der Waals surface area contributed by atoms with Crippen LogP contribution in [0.4, 0.5) is 0 Å². The highest BCUT2D eigenvalue weighted by Crippen LogP contribution is 2.23. The van der Waals surface area contributed by atoms with E-state index in [0.29, 0.717) is 0 Å². The summed E-state index contributed by atoms with van der Waals surface area (Å²) in [5, 5.41) is 9.38. The Hall–Kier alpha value is -0.120. The molecule has 0 saturated heterocycles. The fourth-order valence-electron chi connectivity index (χ4n) is 1.22. The summed E-state index contributed by atoms with van der Waals surface area (Å²) in [6, 6.07) is 0. The Kier molecular flexibility index (Phi) is 3.09. The predicted octanol–water partition coefficient (Wildman–Crippen LogP) is 1.65. The molecule has 1 rings (SSSR count). The molecule has 3 heteroatoms. The van der Waals surface area contributed by atoms with Crippen molar-refractivity contribution in [2.45, 2.75) is 57.8 Å². The van der Waals surface area contributed by atoms with Gasteiger partial charge in [0.25, 0.3) is 0 Å². The topological polar surface area (TPSA) is 38.7 Å². The molecule has 0 amide bonds. The monoisotopic (exact) mass is 174 g/mol. The van der Waals surface area contributed by atoms with Crippen molar-refractivity contribution < 1.29 is 14.9 Å². The average Bonchev–Trinajstić information content (AvgIpc) is 2.29. The summed E-state index contributed by atoms with van der Waals surface area (Å²) in [7, 11) is 0. The van der Waals surface area contributed by atoms with E-state index in [1.54, 1.807) is 0 Å². The lowest BCUT2D eigenvalue weighted by molar-refractivity contribution is -0.379. The van der Waals surface area contributed by atoms with Crippen LogP contribution in [0.2, 0.25) is 0 Å². The van der Waals surface area contributed by atoms with Gasteiger partial charge in [0.1, 0.15) is 6.10 Å². The van der Waals surface area contributed by atoms with Crippen LogP contribution in [0.3, 0.4) is 0 Å². The first-order chi connectivity index (χ1) is 5.49. The number of hydrogen-bond acceptors (Lipinski definition) is 3. The van der Waals surface area contributed by atoms with Crippen LogP contribution >= 0.6 is 0 Å². The molecule has 0 aromatic rings. The van der Waals surface area contributed by atoms with E-state index in [4.69, 9.17) is 9.78 Å². The maximum absolute atomic E-state index is 9.38. The van der Waals surface area contributed by atoms with Gasteiger partial charge in [-0.25, -0.2) is 9.78 Å². The second kappa shape index (κ2) is 3.73. The summed E-state index contributed by atoms with van der Waals surface area (Å²) in [4.78, 5) is 10.3. The minimum absolute atomic E-state index is 0.121. The molecule has 12 heavy (non-hydrogen) atoms. The fourth-order valence-corrected chi connectivity index (χ4v) is 1.22. The summed E-state index contributed by atoms with van der Waals surface area (Å²) >= 11 is 0. The maximum atomic E-state index is 9.38. The molecule has 0 bridgehead atoms. The highest BCUT2D eigenvalue weighted by Gasteiger charge is 2.28. The van der Waals surface area contributed by atoms with Crippen molar-refractivity contribution in [3.05, 3.63) is 0 Å². The van der Waals surface area contributed by atoms with E-state index in [0.717, 1.165) is 19.3 Å². The van der Waals surface area contributed by atoms with Crippen LogP contribution in [0.1, 0.15) is 40.0 Å². The average molecular weight is 174 g/mol.